The van der Waals surface area contributed by atoms with Crippen LogP contribution < -0.4 is 5.32 Å². The Morgan fingerprint density at radius 3 is 2.81 bits per heavy atom. The molecule has 112 valence electrons. The van der Waals surface area contributed by atoms with E-state index in [2.05, 4.69) is 15.3 Å². The number of nitrogens with one attached hydrogen (secondary N) is 1. The number of nitrogens with zero attached hydrogens (tertiary/aromatic N) is 2. The molecule has 5 nitrogen and oxygen atoms in total. The van der Waals surface area contributed by atoms with Crippen molar-refractivity contribution in [3.05, 3.63) is 40.0 Å². The van der Waals surface area contributed by atoms with Gasteiger partial charge in [-0.15, -0.1) is 11.3 Å². The lowest BCUT2D eigenvalue weighted by Crippen LogP contribution is -2.14. The van der Waals surface area contributed by atoms with Gasteiger partial charge in [-0.05, 0) is 12.1 Å². The van der Waals surface area contributed by atoms with E-state index in [4.69, 9.17) is 5.11 Å². The minimum Gasteiger partial charge on any atom is -0.476 e. The number of hydrogen-bond donors (Lipinski definition) is 2. The molecule has 0 saturated heterocycles. The average Bonchev–Trinajstić information content (AvgIpc) is 2.87. The molecule has 0 saturated carbocycles. The molecule has 0 fully saturated rings. The molecule has 0 unspecified atom stereocenters. The fourth-order valence-corrected chi connectivity index (χ4v) is 2.36. The first-order valence-corrected chi connectivity index (χ1v) is 6.69. The van der Waals surface area contributed by atoms with Crippen molar-refractivity contribution in [2.24, 2.45) is 0 Å². The molecule has 2 aromatic rings. The number of halogens is 3. The van der Waals surface area contributed by atoms with Gasteiger partial charge in [-0.25, -0.2) is 14.8 Å². The van der Waals surface area contributed by atoms with E-state index in [1.165, 1.54) is 17.6 Å². The summed E-state index contributed by atoms with van der Waals surface area (Å²) in [6.45, 7) is 0.173. The number of carboxylic acid groups (broad SMARTS) is 1. The first kappa shape index (κ1) is 15.2. The van der Waals surface area contributed by atoms with Gasteiger partial charge >= 0.3 is 12.1 Å². The van der Waals surface area contributed by atoms with E-state index < -0.39 is 17.7 Å². The van der Waals surface area contributed by atoms with Crippen LogP contribution in [0.25, 0.3) is 0 Å². The van der Waals surface area contributed by atoms with Gasteiger partial charge in [0.05, 0.1) is 10.6 Å². The summed E-state index contributed by atoms with van der Waals surface area (Å²) in [5.74, 6) is -1.38. The third-order valence-electron chi connectivity index (χ3n) is 2.52. The first-order chi connectivity index (χ1) is 9.88. The van der Waals surface area contributed by atoms with Gasteiger partial charge in [-0.2, -0.15) is 13.2 Å². The highest BCUT2D eigenvalue weighted by Gasteiger charge is 2.33. The molecule has 0 radical (unpaired) electrons. The minimum absolute atomic E-state index is 0.0659. The van der Waals surface area contributed by atoms with Gasteiger partial charge < -0.3 is 10.4 Å². The second-order valence-corrected chi connectivity index (χ2v) is 4.95. The summed E-state index contributed by atoms with van der Waals surface area (Å²) in [6.07, 6.45) is -2.90. The highest BCUT2D eigenvalue weighted by Crippen LogP contribution is 2.33. The lowest BCUT2D eigenvalue weighted by Gasteiger charge is -2.12. The topological polar surface area (TPSA) is 75.1 Å². The Morgan fingerprint density at radius 1 is 1.43 bits per heavy atom. The number of hydrogen-bond acceptors (Lipinski definition) is 5. The number of anilines is 1. The number of carboxylic acids is 1. The fraction of sp³-hybridized carbons (Fsp3) is 0.250. The summed E-state index contributed by atoms with van der Waals surface area (Å²) in [4.78, 5) is 18.2. The minimum atomic E-state index is -4.48. The Morgan fingerprint density at radius 2 is 2.19 bits per heavy atom. The van der Waals surface area contributed by atoms with Crippen molar-refractivity contribution < 1.29 is 23.1 Å². The number of alkyl halides is 3. The van der Waals surface area contributed by atoms with Gasteiger partial charge in [0.15, 0.2) is 5.69 Å². The monoisotopic (exact) mass is 317 g/mol. The third kappa shape index (κ3) is 3.91. The zero-order chi connectivity index (χ0) is 15.5. The van der Waals surface area contributed by atoms with Gasteiger partial charge in [0.1, 0.15) is 5.82 Å². The van der Waals surface area contributed by atoms with Crippen LogP contribution in [-0.2, 0) is 12.6 Å². The van der Waals surface area contributed by atoms with Crippen LogP contribution in [0.5, 0.6) is 0 Å². The Bertz CT molecular complexity index is 643. The fourth-order valence-electron chi connectivity index (χ4n) is 1.59. The van der Waals surface area contributed by atoms with E-state index >= 15 is 0 Å². The Hall–Kier alpha value is -2.16. The van der Waals surface area contributed by atoms with Crippen LogP contribution in [0, 0.1) is 0 Å². The van der Waals surface area contributed by atoms with Crippen LogP contribution in [0.3, 0.4) is 0 Å². The summed E-state index contributed by atoms with van der Waals surface area (Å²) in [7, 11) is 0. The highest BCUT2D eigenvalue weighted by molar-refractivity contribution is 7.09. The summed E-state index contributed by atoms with van der Waals surface area (Å²) in [5.41, 5.74) is -0.904. The van der Waals surface area contributed by atoms with Crippen LogP contribution in [0.1, 0.15) is 21.1 Å². The Kier molecular flexibility index (Phi) is 4.41. The molecule has 0 aliphatic rings. The summed E-state index contributed by atoms with van der Waals surface area (Å²) in [5, 5.41) is 13.2. The predicted molar refractivity (Wildman–Crippen MR) is 70.5 cm³/mol. The SMILES string of the molecule is O=C(O)c1csc(CCNc2ncccc2C(F)(F)F)n1. The maximum atomic E-state index is 12.7. The molecule has 0 aliphatic heterocycles. The molecule has 0 aromatic carbocycles. The smallest absolute Gasteiger partial charge is 0.419 e. The van der Waals surface area contributed by atoms with E-state index in [0.29, 0.717) is 11.4 Å². The summed E-state index contributed by atoms with van der Waals surface area (Å²) >= 11 is 1.15. The van der Waals surface area contributed by atoms with Gasteiger partial charge in [0.25, 0.3) is 0 Å². The van der Waals surface area contributed by atoms with Crippen LogP contribution in [0.15, 0.2) is 23.7 Å². The Labute approximate surface area is 121 Å². The molecule has 0 bridgehead atoms. The molecule has 2 heterocycles. The van der Waals surface area contributed by atoms with Crippen LogP contribution in [0.4, 0.5) is 19.0 Å². The number of aromatic nitrogens is 2. The zero-order valence-electron chi connectivity index (χ0n) is 10.5. The molecule has 21 heavy (non-hydrogen) atoms. The zero-order valence-corrected chi connectivity index (χ0v) is 11.3. The van der Waals surface area contributed by atoms with E-state index in [0.717, 1.165) is 17.4 Å². The van der Waals surface area contributed by atoms with Crippen LogP contribution in [-0.4, -0.2) is 27.6 Å². The molecule has 2 rings (SSSR count). The molecule has 9 heteroatoms. The number of aromatic carboxylic acids is 1. The molecule has 2 aromatic heterocycles. The van der Waals surface area contributed by atoms with E-state index in [-0.39, 0.29) is 18.1 Å². The second kappa shape index (κ2) is 6.08. The summed E-state index contributed by atoms with van der Waals surface area (Å²) in [6, 6.07) is 2.16. The van der Waals surface area contributed by atoms with Crippen molar-refractivity contribution in [2.45, 2.75) is 12.6 Å². The van der Waals surface area contributed by atoms with Crippen LogP contribution >= 0.6 is 11.3 Å². The van der Waals surface area contributed by atoms with Gasteiger partial charge in [0.2, 0.25) is 0 Å². The maximum Gasteiger partial charge on any atom is 0.419 e. The van der Waals surface area contributed by atoms with Crippen molar-refractivity contribution in [3.8, 4) is 0 Å². The lowest BCUT2D eigenvalue weighted by molar-refractivity contribution is -0.137. The standard InChI is InChI=1S/C12H10F3N3O2S/c13-12(14,15)7-2-1-4-16-10(7)17-5-3-9-18-8(6-21-9)11(19)20/h1-2,4,6H,3,5H2,(H,16,17)(H,19,20). The van der Waals surface area contributed by atoms with Crippen molar-refractivity contribution in [3.63, 3.8) is 0 Å². The van der Waals surface area contributed by atoms with Crippen molar-refractivity contribution in [2.75, 3.05) is 11.9 Å². The maximum absolute atomic E-state index is 12.7. The molecule has 2 N–H and O–H groups in total. The van der Waals surface area contributed by atoms with Gasteiger partial charge in [0, 0.05) is 24.5 Å². The molecule has 0 aliphatic carbocycles. The van der Waals surface area contributed by atoms with E-state index in [1.807, 2.05) is 0 Å². The molecular formula is C12H10F3N3O2S. The molecule has 0 spiro atoms. The first-order valence-electron chi connectivity index (χ1n) is 5.81. The largest absolute Gasteiger partial charge is 0.476 e. The molecular weight excluding hydrogens is 307 g/mol. The number of rotatable bonds is 5. The number of pyridine rings is 1. The third-order valence-corrected chi connectivity index (χ3v) is 3.42. The van der Waals surface area contributed by atoms with Gasteiger partial charge in [-0.3, -0.25) is 0 Å². The molecule has 0 amide bonds. The quantitative estimate of drug-likeness (QED) is 0.887. The van der Waals surface area contributed by atoms with Crippen molar-refractivity contribution in [1.82, 2.24) is 9.97 Å². The van der Waals surface area contributed by atoms with Crippen molar-refractivity contribution in [1.29, 1.82) is 0 Å². The molecule has 0 atom stereocenters. The van der Waals surface area contributed by atoms with Crippen LogP contribution in [0.2, 0.25) is 0 Å². The summed E-state index contributed by atoms with van der Waals surface area (Å²) < 4.78 is 38.2. The van der Waals surface area contributed by atoms with E-state index in [1.54, 1.807) is 0 Å². The van der Waals surface area contributed by atoms with Crippen molar-refractivity contribution >= 4 is 23.1 Å². The average molecular weight is 317 g/mol. The highest BCUT2D eigenvalue weighted by atomic mass is 32.1. The van der Waals surface area contributed by atoms with E-state index in [9.17, 15) is 18.0 Å². The van der Waals surface area contributed by atoms with Gasteiger partial charge in [-0.1, -0.05) is 0 Å². The second-order valence-electron chi connectivity index (χ2n) is 4.01. The number of carbonyl (C=O) groups is 1. The predicted octanol–water partition coefficient (Wildman–Crippen LogP) is 2.91. The normalized spacial score (nSPS) is 11.4. The number of thiazole rings is 1. The Balaban J connectivity index is 1.99. The lowest BCUT2D eigenvalue weighted by atomic mass is 10.2.